The quantitative estimate of drug-likeness (QED) is 0.612. The molecule has 0 unspecified atom stereocenters. The summed E-state index contributed by atoms with van der Waals surface area (Å²) in [5.74, 6) is 0.893. The molecule has 0 aliphatic carbocycles. The highest BCUT2D eigenvalue weighted by Crippen LogP contribution is 2.16. The summed E-state index contributed by atoms with van der Waals surface area (Å²) < 4.78 is 5.14. The summed E-state index contributed by atoms with van der Waals surface area (Å²) in [5.41, 5.74) is 3.05. The number of likely N-dealkylation sites (tertiary alicyclic amines) is 1. The maximum atomic E-state index is 8.66. The van der Waals surface area contributed by atoms with Crippen molar-refractivity contribution < 1.29 is 9.73 Å². The molecule has 0 bridgehead atoms. The Kier molecular flexibility index (Phi) is 3.24. The van der Waals surface area contributed by atoms with Crippen LogP contribution in [0.15, 0.2) is 9.68 Å². The molecule has 5 heteroatoms. The van der Waals surface area contributed by atoms with Gasteiger partial charge in [-0.1, -0.05) is 10.3 Å². The lowest BCUT2D eigenvalue weighted by atomic mass is 10.1. The van der Waals surface area contributed by atoms with Crippen molar-refractivity contribution in [2.75, 3.05) is 13.1 Å². The fourth-order valence-electron chi connectivity index (χ4n) is 1.89. The zero-order valence-corrected chi connectivity index (χ0v) is 9.73. The lowest BCUT2D eigenvalue weighted by Crippen LogP contribution is -2.33. The second kappa shape index (κ2) is 4.65. The Hall–Kier alpha value is -1.36. The Balaban J connectivity index is 1.94. The van der Waals surface area contributed by atoms with Crippen LogP contribution in [0.3, 0.4) is 0 Å². The molecule has 88 valence electrons. The number of hydrogen-bond donors (Lipinski definition) is 1. The summed E-state index contributed by atoms with van der Waals surface area (Å²) in [4.78, 5) is 2.30. The molecule has 16 heavy (non-hydrogen) atoms. The van der Waals surface area contributed by atoms with E-state index in [0.717, 1.165) is 55.2 Å². The molecule has 1 fully saturated rings. The van der Waals surface area contributed by atoms with Crippen molar-refractivity contribution in [3.63, 3.8) is 0 Å². The first kappa shape index (κ1) is 11.1. The van der Waals surface area contributed by atoms with E-state index >= 15 is 0 Å². The maximum Gasteiger partial charge on any atom is 0.136 e. The van der Waals surface area contributed by atoms with Gasteiger partial charge in [-0.2, -0.15) is 0 Å². The average molecular weight is 223 g/mol. The van der Waals surface area contributed by atoms with E-state index in [2.05, 4.69) is 15.2 Å². The van der Waals surface area contributed by atoms with Crippen molar-refractivity contribution in [3.8, 4) is 0 Å². The molecule has 1 aromatic rings. The van der Waals surface area contributed by atoms with Crippen molar-refractivity contribution in [3.05, 3.63) is 17.0 Å². The average Bonchev–Trinajstić information content (AvgIpc) is 2.62. The molecule has 0 amide bonds. The predicted molar refractivity (Wildman–Crippen MR) is 59.7 cm³/mol. The number of aryl methyl sites for hydroxylation is 1. The van der Waals surface area contributed by atoms with E-state index in [0.29, 0.717) is 0 Å². The van der Waals surface area contributed by atoms with Crippen LogP contribution in [-0.2, 0) is 6.54 Å². The van der Waals surface area contributed by atoms with Crippen molar-refractivity contribution in [1.29, 1.82) is 0 Å². The largest absolute Gasteiger partial charge is 0.411 e. The maximum absolute atomic E-state index is 8.66. The first-order chi connectivity index (χ1) is 7.70. The van der Waals surface area contributed by atoms with Gasteiger partial charge in [0.25, 0.3) is 0 Å². The lowest BCUT2D eigenvalue weighted by molar-refractivity contribution is 0.248. The van der Waals surface area contributed by atoms with Gasteiger partial charge in [-0.25, -0.2) is 0 Å². The minimum absolute atomic E-state index is 0.821. The Morgan fingerprint density at radius 1 is 1.38 bits per heavy atom. The lowest BCUT2D eigenvalue weighted by Gasteiger charge is -2.26. The van der Waals surface area contributed by atoms with Crippen LogP contribution in [0, 0.1) is 13.8 Å². The van der Waals surface area contributed by atoms with Crippen molar-refractivity contribution >= 4 is 5.71 Å². The summed E-state index contributed by atoms with van der Waals surface area (Å²) in [7, 11) is 0. The van der Waals surface area contributed by atoms with Gasteiger partial charge in [0.2, 0.25) is 0 Å². The molecular weight excluding hydrogens is 206 g/mol. The van der Waals surface area contributed by atoms with Gasteiger partial charge in [0.1, 0.15) is 11.5 Å². The van der Waals surface area contributed by atoms with Crippen LogP contribution >= 0.6 is 0 Å². The van der Waals surface area contributed by atoms with Gasteiger partial charge in [0, 0.05) is 38.0 Å². The Morgan fingerprint density at radius 3 is 2.56 bits per heavy atom. The Bertz CT molecular complexity index is 388. The molecule has 1 aliphatic heterocycles. The number of oxime groups is 1. The van der Waals surface area contributed by atoms with Gasteiger partial charge in [-0.3, -0.25) is 4.90 Å². The monoisotopic (exact) mass is 223 g/mol. The molecule has 0 atom stereocenters. The van der Waals surface area contributed by atoms with E-state index in [9.17, 15) is 0 Å². The van der Waals surface area contributed by atoms with Crippen LogP contribution in [0.2, 0.25) is 0 Å². The summed E-state index contributed by atoms with van der Waals surface area (Å²) >= 11 is 0. The molecule has 5 nitrogen and oxygen atoms in total. The van der Waals surface area contributed by atoms with Crippen LogP contribution in [0.1, 0.15) is 29.9 Å². The van der Waals surface area contributed by atoms with E-state index in [1.54, 1.807) is 0 Å². The number of aromatic nitrogens is 1. The first-order valence-corrected chi connectivity index (χ1v) is 5.54. The van der Waals surface area contributed by atoms with E-state index in [1.807, 2.05) is 13.8 Å². The minimum atomic E-state index is 0.821. The van der Waals surface area contributed by atoms with Crippen LogP contribution in [0.25, 0.3) is 0 Å². The highest BCUT2D eigenvalue weighted by Gasteiger charge is 2.18. The third-order valence-corrected chi connectivity index (χ3v) is 3.20. The number of rotatable bonds is 2. The second-order valence-electron chi connectivity index (χ2n) is 4.25. The molecule has 0 saturated carbocycles. The molecular formula is C11H17N3O2. The van der Waals surface area contributed by atoms with Crippen LogP contribution in [0.4, 0.5) is 0 Å². The normalized spacial score (nSPS) is 17.8. The Morgan fingerprint density at radius 2 is 2.06 bits per heavy atom. The van der Waals surface area contributed by atoms with E-state index in [4.69, 9.17) is 9.73 Å². The van der Waals surface area contributed by atoms with Crippen molar-refractivity contribution in [2.45, 2.75) is 33.2 Å². The first-order valence-electron chi connectivity index (χ1n) is 5.54. The fourth-order valence-corrected chi connectivity index (χ4v) is 1.89. The summed E-state index contributed by atoms with van der Waals surface area (Å²) in [6, 6.07) is 0. The molecule has 2 heterocycles. The van der Waals surface area contributed by atoms with Gasteiger partial charge < -0.3 is 9.73 Å². The molecule has 2 rings (SSSR count). The van der Waals surface area contributed by atoms with Crippen LogP contribution in [-0.4, -0.2) is 34.1 Å². The zero-order valence-electron chi connectivity index (χ0n) is 9.73. The predicted octanol–water partition coefficient (Wildman–Crippen LogP) is 1.72. The zero-order chi connectivity index (χ0) is 11.5. The van der Waals surface area contributed by atoms with Crippen molar-refractivity contribution in [2.24, 2.45) is 5.16 Å². The molecule has 0 spiro atoms. The number of nitrogens with zero attached hydrogens (tertiary/aromatic N) is 3. The minimum Gasteiger partial charge on any atom is -0.411 e. The van der Waals surface area contributed by atoms with E-state index in [-0.39, 0.29) is 0 Å². The standard InChI is InChI=1S/C11H17N3O2/c1-8-9(2)16-13-11(8)7-14-5-3-10(12-15)4-6-14/h15H,3-7H2,1-2H3. The summed E-state index contributed by atoms with van der Waals surface area (Å²) in [6.07, 6.45) is 1.68. The van der Waals surface area contributed by atoms with Crippen molar-refractivity contribution in [1.82, 2.24) is 10.1 Å². The highest BCUT2D eigenvalue weighted by molar-refractivity contribution is 5.84. The number of piperidine rings is 1. The smallest absolute Gasteiger partial charge is 0.136 e. The highest BCUT2D eigenvalue weighted by atomic mass is 16.5. The molecule has 1 N–H and O–H groups in total. The fraction of sp³-hybridized carbons (Fsp3) is 0.636. The van der Waals surface area contributed by atoms with E-state index in [1.165, 1.54) is 0 Å². The molecule has 1 aliphatic rings. The Labute approximate surface area is 94.7 Å². The molecule has 0 radical (unpaired) electrons. The third kappa shape index (κ3) is 2.24. The summed E-state index contributed by atoms with van der Waals surface area (Å²) in [6.45, 7) is 6.63. The van der Waals surface area contributed by atoms with Gasteiger partial charge in [0.15, 0.2) is 0 Å². The van der Waals surface area contributed by atoms with Gasteiger partial charge in [-0.05, 0) is 13.8 Å². The van der Waals surface area contributed by atoms with Gasteiger partial charge in [-0.15, -0.1) is 0 Å². The van der Waals surface area contributed by atoms with Gasteiger partial charge >= 0.3 is 0 Å². The number of hydrogen-bond acceptors (Lipinski definition) is 5. The molecule has 0 aromatic carbocycles. The summed E-state index contributed by atoms with van der Waals surface area (Å²) in [5, 5.41) is 16.0. The topological polar surface area (TPSA) is 61.9 Å². The second-order valence-corrected chi connectivity index (χ2v) is 4.25. The van der Waals surface area contributed by atoms with Crippen LogP contribution < -0.4 is 0 Å². The van der Waals surface area contributed by atoms with E-state index < -0.39 is 0 Å². The molecule has 1 aromatic heterocycles. The van der Waals surface area contributed by atoms with Crippen LogP contribution in [0.5, 0.6) is 0 Å². The third-order valence-electron chi connectivity index (χ3n) is 3.20. The van der Waals surface area contributed by atoms with Gasteiger partial charge in [0.05, 0.1) is 5.71 Å². The molecule has 1 saturated heterocycles. The SMILES string of the molecule is Cc1onc(CN2CCC(=NO)CC2)c1C.